The van der Waals surface area contributed by atoms with Gasteiger partial charge in [-0.1, -0.05) is 0 Å². The van der Waals surface area contributed by atoms with Gasteiger partial charge in [0.1, 0.15) is 5.78 Å². The van der Waals surface area contributed by atoms with Crippen molar-refractivity contribution in [2.24, 2.45) is 0 Å². The van der Waals surface area contributed by atoms with Crippen LogP contribution in [0.1, 0.15) is 26.2 Å². The minimum absolute atomic E-state index is 0.0178. The van der Waals surface area contributed by atoms with E-state index in [1.165, 1.54) is 6.92 Å². The molecule has 0 unspecified atom stereocenters. The van der Waals surface area contributed by atoms with Crippen LogP contribution in [0.5, 0.6) is 0 Å². The summed E-state index contributed by atoms with van der Waals surface area (Å²) in [5, 5.41) is 0. The van der Waals surface area contributed by atoms with Crippen molar-refractivity contribution in [1.29, 1.82) is 0 Å². The largest absolute Gasteiger partial charge is 0.389 e. The van der Waals surface area contributed by atoms with E-state index < -0.39 is 12.6 Å². The summed E-state index contributed by atoms with van der Waals surface area (Å²) in [4.78, 5) is 10.4. The van der Waals surface area contributed by atoms with Crippen LogP contribution in [0.2, 0.25) is 0 Å². The predicted molar refractivity (Wildman–Crippen MR) is 41.4 cm³/mol. The van der Waals surface area contributed by atoms with Gasteiger partial charge in [0.2, 0.25) is 0 Å². The van der Waals surface area contributed by atoms with Crippen LogP contribution in [0.25, 0.3) is 0 Å². The van der Waals surface area contributed by atoms with E-state index in [9.17, 15) is 18.0 Å². The first-order valence-corrected chi connectivity index (χ1v) is 4.06. The SMILES string of the molecule is CC(=O)CCOCCCC(F)(F)F. The van der Waals surface area contributed by atoms with Crippen LogP contribution in [-0.4, -0.2) is 25.2 Å². The molecule has 0 radical (unpaired) electrons. The lowest BCUT2D eigenvalue weighted by Crippen LogP contribution is -2.09. The third-order valence-electron chi connectivity index (χ3n) is 1.35. The molecule has 0 aliphatic heterocycles. The maximum absolute atomic E-state index is 11.6. The second kappa shape index (κ2) is 5.96. The molecule has 0 atom stereocenters. The highest BCUT2D eigenvalue weighted by Crippen LogP contribution is 2.20. The quantitative estimate of drug-likeness (QED) is 0.612. The molecule has 0 saturated carbocycles. The molecule has 78 valence electrons. The number of ether oxygens (including phenoxy) is 1. The van der Waals surface area contributed by atoms with Crippen LogP contribution < -0.4 is 0 Å². The fourth-order valence-electron chi connectivity index (χ4n) is 0.693. The predicted octanol–water partition coefficient (Wildman–Crippen LogP) is 2.32. The van der Waals surface area contributed by atoms with Crippen molar-refractivity contribution in [3.8, 4) is 0 Å². The van der Waals surface area contributed by atoms with Gasteiger partial charge in [0.05, 0.1) is 6.61 Å². The number of carbonyl (C=O) groups is 1. The molecule has 2 nitrogen and oxygen atoms in total. The molecule has 0 rings (SSSR count). The standard InChI is InChI=1S/C8H13F3O2/c1-7(12)3-6-13-5-2-4-8(9,10)11/h2-6H2,1H3. The highest BCUT2D eigenvalue weighted by atomic mass is 19.4. The first-order chi connectivity index (χ1) is 5.92. The minimum Gasteiger partial charge on any atom is -0.381 e. The molecule has 0 aliphatic carbocycles. The lowest BCUT2D eigenvalue weighted by atomic mass is 10.3. The highest BCUT2D eigenvalue weighted by molar-refractivity contribution is 5.75. The molecule has 0 aliphatic rings. The molecule has 5 heteroatoms. The minimum atomic E-state index is -4.11. The van der Waals surface area contributed by atoms with Gasteiger partial charge in [-0.15, -0.1) is 0 Å². The molecule has 0 aromatic carbocycles. The van der Waals surface area contributed by atoms with Crippen LogP contribution in [0.15, 0.2) is 0 Å². The van der Waals surface area contributed by atoms with Crippen LogP contribution in [0.3, 0.4) is 0 Å². The average molecular weight is 198 g/mol. The molecule has 0 bridgehead atoms. The van der Waals surface area contributed by atoms with Gasteiger partial charge in [-0.25, -0.2) is 0 Å². The van der Waals surface area contributed by atoms with Gasteiger partial charge in [-0.3, -0.25) is 4.79 Å². The molecule has 0 saturated heterocycles. The summed E-state index contributed by atoms with van der Waals surface area (Å²) >= 11 is 0. The monoisotopic (exact) mass is 198 g/mol. The van der Waals surface area contributed by atoms with Crippen molar-refractivity contribution in [1.82, 2.24) is 0 Å². The van der Waals surface area contributed by atoms with Gasteiger partial charge in [-0.2, -0.15) is 13.2 Å². The summed E-state index contributed by atoms with van der Waals surface area (Å²) in [5.41, 5.74) is 0. The first-order valence-electron chi connectivity index (χ1n) is 4.06. The number of carbonyl (C=O) groups excluding carboxylic acids is 1. The van der Waals surface area contributed by atoms with Crippen molar-refractivity contribution < 1.29 is 22.7 Å². The number of halogens is 3. The van der Waals surface area contributed by atoms with Crippen molar-refractivity contribution >= 4 is 5.78 Å². The van der Waals surface area contributed by atoms with Crippen molar-refractivity contribution in [2.45, 2.75) is 32.4 Å². The van der Waals surface area contributed by atoms with E-state index in [0.29, 0.717) is 0 Å². The lowest BCUT2D eigenvalue weighted by molar-refractivity contribution is -0.138. The Morgan fingerprint density at radius 2 is 1.92 bits per heavy atom. The normalized spacial score (nSPS) is 11.7. The van der Waals surface area contributed by atoms with E-state index in [0.717, 1.165) is 0 Å². The number of ketones is 1. The Bertz CT molecular complexity index is 154. The van der Waals surface area contributed by atoms with Gasteiger partial charge in [-0.05, 0) is 13.3 Å². The molecule has 0 amide bonds. The zero-order valence-electron chi connectivity index (χ0n) is 7.49. The Balaban J connectivity index is 3.13. The highest BCUT2D eigenvalue weighted by Gasteiger charge is 2.25. The summed E-state index contributed by atoms with van der Waals surface area (Å²) in [6.45, 7) is 1.69. The average Bonchev–Trinajstić information content (AvgIpc) is 1.93. The molecule has 0 heterocycles. The second-order valence-electron chi connectivity index (χ2n) is 2.78. The van der Waals surface area contributed by atoms with Gasteiger partial charge < -0.3 is 4.74 Å². The van der Waals surface area contributed by atoms with E-state index in [-0.39, 0.29) is 31.8 Å². The number of Topliss-reactive ketones (excluding diaryl/α,β-unsaturated/α-hetero) is 1. The van der Waals surface area contributed by atoms with E-state index in [4.69, 9.17) is 4.74 Å². The third-order valence-corrected chi connectivity index (χ3v) is 1.35. The molecule has 0 N–H and O–H groups in total. The Hall–Kier alpha value is -0.580. The van der Waals surface area contributed by atoms with E-state index in [1.807, 2.05) is 0 Å². The lowest BCUT2D eigenvalue weighted by Gasteiger charge is -2.05. The molecule has 0 aromatic heterocycles. The summed E-state index contributed by atoms with van der Waals surface area (Å²) in [6.07, 6.45) is -4.70. The third kappa shape index (κ3) is 11.4. The van der Waals surface area contributed by atoms with Crippen LogP contribution in [-0.2, 0) is 9.53 Å². The van der Waals surface area contributed by atoms with Crippen molar-refractivity contribution in [2.75, 3.05) is 13.2 Å². The van der Waals surface area contributed by atoms with E-state index in [1.54, 1.807) is 0 Å². The molecule has 0 aromatic rings. The van der Waals surface area contributed by atoms with Gasteiger partial charge in [0, 0.05) is 19.4 Å². The zero-order valence-corrected chi connectivity index (χ0v) is 7.49. The first kappa shape index (κ1) is 12.4. The second-order valence-corrected chi connectivity index (χ2v) is 2.78. The van der Waals surface area contributed by atoms with Crippen molar-refractivity contribution in [3.63, 3.8) is 0 Å². The summed E-state index contributed by atoms with van der Waals surface area (Å²) in [6, 6.07) is 0. The summed E-state index contributed by atoms with van der Waals surface area (Å²) in [7, 11) is 0. The number of hydrogen-bond acceptors (Lipinski definition) is 2. The summed E-state index contributed by atoms with van der Waals surface area (Å²) in [5.74, 6) is -0.0178. The fraction of sp³-hybridized carbons (Fsp3) is 0.875. The Morgan fingerprint density at radius 1 is 1.31 bits per heavy atom. The maximum atomic E-state index is 11.6. The molecule has 0 spiro atoms. The zero-order chi connectivity index (χ0) is 10.3. The maximum Gasteiger partial charge on any atom is 0.389 e. The molecule has 0 fully saturated rings. The number of alkyl halides is 3. The molecule has 13 heavy (non-hydrogen) atoms. The van der Waals surface area contributed by atoms with Crippen molar-refractivity contribution in [3.05, 3.63) is 0 Å². The smallest absolute Gasteiger partial charge is 0.381 e. The Labute approximate surface area is 75.1 Å². The summed E-state index contributed by atoms with van der Waals surface area (Å²) < 4.78 is 39.6. The van der Waals surface area contributed by atoms with Crippen LogP contribution in [0, 0.1) is 0 Å². The topological polar surface area (TPSA) is 26.3 Å². The molecular formula is C8H13F3O2. The number of hydrogen-bond donors (Lipinski definition) is 0. The van der Waals surface area contributed by atoms with Gasteiger partial charge in [0.15, 0.2) is 0 Å². The number of rotatable bonds is 6. The Kier molecular flexibility index (Phi) is 5.70. The van der Waals surface area contributed by atoms with E-state index in [2.05, 4.69) is 0 Å². The fourth-order valence-corrected chi connectivity index (χ4v) is 0.693. The van der Waals surface area contributed by atoms with Gasteiger partial charge >= 0.3 is 6.18 Å². The van der Waals surface area contributed by atoms with Crippen LogP contribution >= 0.6 is 0 Å². The van der Waals surface area contributed by atoms with Crippen LogP contribution in [0.4, 0.5) is 13.2 Å². The van der Waals surface area contributed by atoms with Gasteiger partial charge in [0.25, 0.3) is 0 Å². The Morgan fingerprint density at radius 3 is 2.38 bits per heavy atom. The van der Waals surface area contributed by atoms with E-state index >= 15 is 0 Å². The molecular weight excluding hydrogens is 185 g/mol.